The number of carboxylic acid groups (broad SMARTS) is 1. The summed E-state index contributed by atoms with van der Waals surface area (Å²) in [6.07, 6.45) is 3.28. The summed E-state index contributed by atoms with van der Waals surface area (Å²) < 4.78 is 2.03. The van der Waals surface area contributed by atoms with Crippen LogP contribution in [0.25, 0.3) is 10.9 Å². The largest absolute Gasteiger partial charge is 0.479 e. The van der Waals surface area contributed by atoms with Gasteiger partial charge in [-0.15, -0.1) is 0 Å². The fourth-order valence-electron chi connectivity index (χ4n) is 2.22. The number of fused-ring (bicyclic) bond motifs is 1. The van der Waals surface area contributed by atoms with Crippen LogP contribution in [0.3, 0.4) is 0 Å². The van der Waals surface area contributed by atoms with Crippen LogP contribution >= 0.6 is 12.2 Å². The molecule has 0 radical (unpaired) electrons. The van der Waals surface area contributed by atoms with Crippen LogP contribution in [0.5, 0.6) is 0 Å². The fraction of sp³-hybridized carbons (Fsp3) is 0.0714. The molecule has 2 N–H and O–H groups in total. The molecule has 5 nitrogen and oxygen atoms in total. The number of carbonyl (C=O) groups is 1. The van der Waals surface area contributed by atoms with E-state index in [1.807, 2.05) is 18.2 Å². The van der Waals surface area contributed by atoms with Crippen molar-refractivity contribution in [3.05, 3.63) is 59.0 Å². The second-order valence-electron chi connectivity index (χ2n) is 4.38. The van der Waals surface area contributed by atoms with Gasteiger partial charge in [0.25, 0.3) is 0 Å². The molecule has 0 spiro atoms. The van der Waals surface area contributed by atoms with Gasteiger partial charge in [0.1, 0.15) is 4.64 Å². The molecule has 0 saturated carbocycles. The first-order valence-electron chi connectivity index (χ1n) is 6.00. The van der Waals surface area contributed by atoms with E-state index in [-0.39, 0.29) is 0 Å². The predicted octanol–water partition coefficient (Wildman–Crippen LogP) is 2.77. The third kappa shape index (κ3) is 2.00. The molecular weight excluding hydrogens is 274 g/mol. The number of aliphatic carboxylic acids is 1. The predicted molar refractivity (Wildman–Crippen MR) is 77.1 cm³/mol. The minimum Gasteiger partial charge on any atom is -0.479 e. The SMILES string of the molecule is O=C(O)C(c1ccccc1)n1ccc2[nH]ncc2c1=S. The van der Waals surface area contributed by atoms with E-state index < -0.39 is 12.0 Å². The van der Waals surface area contributed by atoms with E-state index >= 15 is 0 Å². The van der Waals surface area contributed by atoms with E-state index in [1.54, 1.807) is 35.2 Å². The Morgan fingerprint density at radius 2 is 2.05 bits per heavy atom. The molecule has 0 fully saturated rings. The summed E-state index contributed by atoms with van der Waals surface area (Å²) in [6, 6.07) is 9.96. The molecule has 0 aliphatic rings. The third-order valence-electron chi connectivity index (χ3n) is 3.16. The van der Waals surface area contributed by atoms with Gasteiger partial charge in [0.15, 0.2) is 6.04 Å². The molecule has 20 heavy (non-hydrogen) atoms. The molecule has 0 amide bonds. The van der Waals surface area contributed by atoms with Gasteiger partial charge in [-0.2, -0.15) is 5.10 Å². The molecule has 0 saturated heterocycles. The summed E-state index contributed by atoms with van der Waals surface area (Å²) in [7, 11) is 0. The maximum absolute atomic E-state index is 11.6. The van der Waals surface area contributed by atoms with Crippen molar-refractivity contribution in [2.75, 3.05) is 0 Å². The van der Waals surface area contributed by atoms with Gasteiger partial charge in [0.2, 0.25) is 0 Å². The molecule has 0 bridgehead atoms. The van der Waals surface area contributed by atoms with Gasteiger partial charge in [-0.1, -0.05) is 42.5 Å². The summed E-state index contributed by atoms with van der Waals surface area (Å²) in [5, 5.41) is 17.0. The molecule has 0 aliphatic carbocycles. The van der Waals surface area contributed by atoms with Crippen LogP contribution in [0.1, 0.15) is 11.6 Å². The Kier molecular flexibility index (Phi) is 3.08. The van der Waals surface area contributed by atoms with Crippen molar-refractivity contribution >= 4 is 29.1 Å². The van der Waals surface area contributed by atoms with E-state index in [1.165, 1.54) is 0 Å². The second-order valence-corrected chi connectivity index (χ2v) is 4.76. The minimum atomic E-state index is -0.949. The number of H-pyrrole nitrogens is 1. The fourth-order valence-corrected chi connectivity index (χ4v) is 2.54. The van der Waals surface area contributed by atoms with Crippen LogP contribution in [-0.4, -0.2) is 25.8 Å². The van der Waals surface area contributed by atoms with Crippen LogP contribution < -0.4 is 0 Å². The van der Waals surface area contributed by atoms with Gasteiger partial charge >= 0.3 is 5.97 Å². The van der Waals surface area contributed by atoms with Crippen molar-refractivity contribution in [1.29, 1.82) is 0 Å². The highest BCUT2D eigenvalue weighted by Crippen LogP contribution is 2.22. The van der Waals surface area contributed by atoms with Gasteiger partial charge in [-0.05, 0) is 11.6 Å². The minimum absolute atomic E-state index is 0.451. The topological polar surface area (TPSA) is 70.9 Å². The summed E-state index contributed by atoms with van der Waals surface area (Å²) >= 11 is 5.38. The molecule has 0 aliphatic heterocycles. The molecule has 3 rings (SSSR count). The average molecular weight is 285 g/mol. The van der Waals surface area contributed by atoms with Crippen LogP contribution in [0.15, 0.2) is 48.8 Å². The molecule has 1 unspecified atom stereocenters. The maximum Gasteiger partial charge on any atom is 0.331 e. The summed E-state index contributed by atoms with van der Waals surface area (Å²) in [5.74, 6) is -0.949. The number of hydrogen-bond acceptors (Lipinski definition) is 3. The third-order valence-corrected chi connectivity index (χ3v) is 3.59. The molecule has 100 valence electrons. The van der Waals surface area contributed by atoms with Gasteiger partial charge in [0, 0.05) is 6.20 Å². The van der Waals surface area contributed by atoms with Crippen molar-refractivity contribution in [2.24, 2.45) is 0 Å². The van der Waals surface area contributed by atoms with E-state index in [0.29, 0.717) is 10.2 Å². The number of nitrogens with one attached hydrogen (secondary N) is 1. The first-order chi connectivity index (χ1) is 9.68. The summed E-state index contributed by atoms with van der Waals surface area (Å²) in [4.78, 5) is 11.6. The number of hydrogen-bond donors (Lipinski definition) is 2. The van der Waals surface area contributed by atoms with Crippen molar-refractivity contribution in [3.63, 3.8) is 0 Å². The Morgan fingerprint density at radius 3 is 2.75 bits per heavy atom. The van der Waals surface area contributed by atoms with E-state index in [0.717, 1.165) is 10.9 Å². The smallest absolute Gasteiger partial charge is 0.331 e. The molecule has 1 aromatic carbocycles. The van der Waals surface area contributed by atoms with Crippen molar-refractivity contribution in [1.82, 2.24) is 14.8 Å². The second kappa shape index (κ2) is 4.90. The van der Waals surface area contributed by atoms with Crippen molar-refractivity contribution in [3.8, 4) is 0 Å². The Morgan fingerprint density at radius 1 is 1.30 bits per heavy atom. The zero-order valence-electron chi connectivity index (χ0n) is 10.4. The zero-order valence-corrected chi connectivity index (χ0v) is 11.2. The Bertz CT molecular complexity index is 823. The highest BCUT2D eigenvalue weighted by molar-refractivity contribution is 7.71. The number of pyridine rings is 1. The lowest BCUT2D eigenvalue weighted by molar-refractivity contribution is -0.139. The number of aromatic amines is 1. The van der Waals surface area contributed by atoms with Gasteiger partial charge < -0.3 is 9.67 Å². The molecule has 1 atom stereocenters. The lowest BCUT2D eigenvalue weighted by Gasteiger charge is -2.17. The molecular formula is C14H11N3O2S. The van der Waals surface area contributed by atoms with Crippen LogP contribution in [0.2, 0.25) is 0 Å². The quantitative estimate of drug-likeness (QED) is 0.726. The zero-order chi connectivity index (χ0) is 14.1. The van der Waals surface area contributed by atoms with Gasteiger partial charge in [0.05, 0.1) is 17.1 Å². The van der Waals surface area contributed by atoms with Crippen LogP contribution in [0, 0.1) is 4.64 Å². The number of carboxylic acids is 1. The first-order valence-corrected chi connectivity index (χ1v) is 6.41. The molecule has 3 aromatic rings. The Hall–Kier alpha value is -2.47. The molecule has 2 aromatic heterocycles. The molecule has 6 heteroatoms. The van der Waals surface area contributed by atoms with Crippen LogP contribution in [0.4, 0.5) is 0 Å². The number of aromatic nitrogens is 3. The number of benzene rings is 1. The average Bonchev–Trinajstić information content (AvgIpc) is 2.92. The van der Waals surface area contributed by atoms with Crippen LogP contribution in [-0.2, 0) is 4.79 Å². The number of nitrogens with zero attached hydrogens (tertiary/aromatic N) is 2. The standard InChI is InChI=1S/C14H11N3O2S/c18-14(19)12(9-4-2-1-3-5-9)17-7-6-11-10(13(17)20)8-15-16-11/h1-8,12H,(H,15,16)(H,18,19). The highest BCUT2D eigenvalue weighted by atomic mass is 32.1. The van der Waals surface area contributed by atoms with E-state index in [2.05, 4.69) is 10.2 Å². The van der Waals surface area contributed by atoms with E-state index in [9.17, 15) is 9.90 Å². The molecule has 2 heterocycles. The first kappa shape index (κ1) is 12.6. The monoisotopic (exact) mass is 285 g/mol. The Labute approximate surface area is 119 Å². The summed E-state index contributed by atoms with van der Waals surface area (Å²) in [5.41, 5.74) is 1.47. The normalized spacial score (nSPS) is 12.4. The van der Waals surface area contributed by atoms with E-state index in [4.69, 9.17) is 12.2 Å². The number of rotatable bonds is 3. The lowest BCUT2D eigenvalue weighted by atomic mass is 10.1. The van der Waals surface area contributed by atoms with Gasteiger partial charge in [-0.25, -0.2) is 4.79 Å². The summed E-state index contributed by atoms with van der Waals surface area (Å²) in [6.45, 7) is 0. The highest BCUT2D eigenvalue weighted by Gasteiger charge is 2.22. The Balaban J connectivity index is 2.23. The lowest BCUT2D eigenvalue weighted by Crippen LogP contribution is -2.20. The van der Waals surface area contributed by atoms with Crippen molar-refractivity contribution < 1.29 is 9.90 Å². The maximum atomic E-state index is 11.6. The van der Waals surface area contributed by atoms with Gasteiger partial charge in [-0.3, -0.25) is 5.10 Å². The van der Waals surface area contributed by atoms with Crippen molar-refractivity contribution in [2.45, 2.75) is 6.04 Å².